The van der Waals surface area contributed by atoms with E-state index < -0.39 is 0 Å². The van der Waals surface area contributed by atoms with Gasteiger partial charge in [-0.05, 0) is 20.9 Å². The van der Waals surface area contributed by atoms with Gasteiger partial charge in [0.2, 0.25) is 0 Å². The van der Waals surface area contributed by atoms with Crippen LogP contribution in [0.4, 0.5) is 5.82 Å². The molecule has 0 amide bonds. The van der Waals surface area contributed by atoms with E-state index in [4.69, 9.17) is 5.53 Å². The molecular weight excluding hydrogens is 228 g/mol. The van der Waals surface area contributed by atoms with E-state index in [0.717, 1.165) is 0 Å². The van der Waals surface area contributed by atoms with Crippen molar-refractivity contribution >= 4 is 12.0 Å². The van der Waals surface area contributed by atoms with Gasteiger partial charge in [-0.1, -0.05) is 5.22 Å². The molecule has 0 radical (unpaired) electrons. The van der Waals surface area contributed by atoms with Crippen molar-refractivity contribution in [1.82, 2.24) is 9.97 Å². The number of hydrogen-bond donors (Lipinski definition) is 3. The van der Waals surface area contributed by atoms with E-state index in [0.29, 0.717) is 17.8 Å². The molecule has 2 heterocycles. The number of aliphatic imine (C=N–C) groups is 1. The predicted molar refractivity (Wildman–Crippen MR) is 55.8 cm³/mol. The van der Waals surface area contributed by atoms with Crippen LogP contribution in [0, 0.1) is 5.53 Å². The monoisotopic (exact) mass is 236 g/mol. The molecule has 0 aromatic carbocycles. The van der Waals surface area contributed by atoms with Gasteiger partial charge < -0.3 is 10.8 Å². The molecule has 88 valence electrons. The van der Waals surface area contributed by atoms with Crippen LogP contribution in [0.5, 0.6) is 0 Å². The van der Waals surface area contributed by atoms with E-state index in [-0.39, 0.29) is 5.56 Å². The predicted octanol–water partition coefficient (Wildman–Crippen LogP) is 0.654. The molecule has 4 N–H and O–H groups in total. The second kappa shape index (κ2) is 6.60. The van der Waals surface area contributed by atoms with Gasteiger partial charge in [0.05, 0.1) is 11.9 Å². The first kappa shape index (κ1) is 12.2. The maximum absolute atomic E-state index is 10.9. The van der Waals surface area contributed by atoms with Gasteiger partial charge in [0.1, 0.15) is 0 Å². The van der Waals surface area contributed by atoms with Crippen LogP contribution < -0.4 is 11.4 Å². The molecule has 0 aliphatic carbocycles. The van der Waals surface area contributed by atoms with E-state index in [9.17, 15) is 4.79 Å². The molecule has 2 rings (SSSR count). The Bertz CT molecular complexity index is 514. The van der Waals surface area contributed by atoms with Crippen molar-refractivity contribution in [1.29, 1.82) is 5.53 Å². The molecule has 1 aromatic heterocycles. The average molecular weight is 236 g/mol. The van der Waals surface area contributed by atoms with Crippen LogP contribution in [0.15, 0.2) is 42.2 Å². The Morgan fingerprint density at radius 1 is 1.41 bits per heavy atom. The Kier molecular flexibility index (Phi) is 4.74. The molecule has 0 spiro atoms. The molecule has 0 fully saturated rings. The van der Waals surface area contributed by atoms with Gasteiger partial charge in [-0.15, -0.1) is 0 Å². The number of H-pyrrole nitrogens is 1. The largest absolute Gasteiger partial charge is 0.313 e. The molecule has 0 saturated carbocycles. The fraction of sp³-hybridized carbons (Fsp3) is 0.167. The number of nitrogens with two attached hydrogens (primary N) is 1. The van der Waals surface area contributed by atoms with Crippen molar-refractivity contribution in [3.8, 4) is 0 Å². The SMILES string of the molecule is N=N/N=N/N=N/N.O=c1[nH]cnc2c1CC=N2. The number of rotatable bonds is 2. The standard InChI is InChI=1S/C6H5N3O.H3N7/c10-6-4-1-2-7-5(4)8-3-9-6;1-3-5-7-6-4-2/h2-3H,1H2,(H,8,9,10);(H3,1,2,5,6). The van der Waals surface area contributed by atoms with Crippen molar-refractivity contribution in [2.45, 2.75) is 6.42 Å². The molecule has 0 bridgehead atoms. The highest BCUT2D eigenvalue weighted by Gasteiger charge is 2.09. The van der Waals surface area contributed by atoms with E-state index in [1.54, 1.807) is 6.21 Å². The van der Waals surface area contributed by atoms with Gasteiger partial charge in [0, 0.05) is 12.6 Å². The lowest BCUT2D eigenvalue weighted by atomic mass is 10.3. The second-order valence-corrected chi connectivity index (χ2v) is 2.53. The summed E-state index contributed by atoms with van der Waals surface area (Å²) >= 11 is 0. The molecule has 0 atom stereocenters. The molecule has 1 aliphatic rings. The maximum Gasteiger partial charge on any atom is 0.256 e. The highest BCUT2D eigenvalue weighted by atomic mass is 16.1. The van der Waals surface area contributed by atoms with Crippen molar-refractivity contribution in [2.24, 2.45) is 37.0 Å². The highest BCUT2D eigenvalue weighted by Crippen LogP contribution is 2.14. The van der Waals surface area contributed by atoms with Gasteiger partial charge in [-0.2, -0.15) is 5.53 Å². The average Bonchev–Trinajstić information content (AvgIpc) is 2.80. The summed E-state index contributed by atoms with van der Waals surface area (Å²) in [5.74, 6) is 5.03. The molecule has 17 heavy (non-hydrogen) atoms. The van der Waals surface area contributed by atoms with Crippen LogP contribution in [-0.2, 0) is 6.42 Å². The minimum absolute atomic E-state index is 0.0810. The summed E-state index contributed by atoms with van der Waals surface area (Å²) in [6.45, 7) is 0. The quantitative estimate of drug-likeness (QED) is 0.389. The first-order valence-electron chi connectivity index (χ1n) is 4.25. The van der Waals surface area contributed by atoms with Gasteiger partial charge in [0.25, 0.3) is 5.56 Å². The molecular formula is C6H8N10O. The van der Waals surface area contributed by atoms with E-state index in [1.165, 1.54) is 6.33 Å². The van der Waals surface area contributed by atoms with Gasteiger partial charge in [-0.25, -0.2) is 9.98 Å². The fourth-order valence-corrected chi connectivity index (χ4v) is 0.998. The zero-order valence-corrected chi connectivity index (χ0v) is 8.48. The summed E-state index contributed by atoms with van der Waals surface area (Å²) in [6, 6.07) is 0. The number of aromatic amines is 1. The number of aromatic nitrogens is 2. The lowest BCUT2D eigenvalue weighted by Crippen LogP contribution is -2.10. The molecule has 0 saturated heterocycles. The van der Waals surface area contributed by atoms with Gasteiger partial charge >= 0.3 is 0 Å². The fourth-order valence-electron chi connectivity index (χ4n) is 0.998. The molecule has 1 aliphatic heterocycles. The van der Waals surface area contributed by atoms with Crippen LogP contribution in [0.25, 0.3) is 0 Å². The van der Waals surface area contributed by atoms with Crippen LogP contribution in [0.1, 0.15) is 5.56 Å². The maximum atomic E-state index is 10.9. The summed E-state index contributed by atoms with van der Waals surface area (Å²) in [4.78, 5) is 21.2. The van der Waals surface area contributed by atoms with Crippen LogP contribution in [0.3, 0.4) is 0 Å². The Morgan fingerprint density at radius 3 is 2.88 bits per heavy atom. The van der Waals surface area contributed by atoms with Crippen molar-refractivity contribution < 1.29 is 0 Å². The third-order valence-electron chi connectivity index (χ3n) is 1.61. The summed E-state index contributed by atoms with van der Waals surface area (Å²) in [6.07, 6.45) is 3.66. The lowest BCUT2D eigenvalue weighted by molar-refractivity contribution is 0.806. The smallest absolute Gasteiger partial charge is 0.256 e. The van der Waals surface area contributed by atoms with Crippen LogP contribution in [-0.4, -0.2) is 16.2 Å². The molecule has 0 unspecified atom stereocenters. The number of hydrogen-bond acceptors (Lipinski definition) is 5. The van der Waals surface area contributed by atoms with Gasteiger partial charge in [0.15, 0.2) is 5.82 Å². The highest BCUT2D eigenvalue weighted by molar-refractivity contribution is 5.72. The third-order valence-corrected chi connectivity index (χ3v) is 1.61. The number of fused-ring (bicyclic) bond motifs is 1. The zero-order chi connectivity index (χ0) is 12.5. The topological polar surface area (TPSA) is 170 Å². The summed E-state index contributed by atoms with van der Waals surface area (Å²) in [5.41, 5.74) is 6.59. The van der Waals surface area contributed by atoms with E-state index >= 15 is 0 Å². The Hall–Kier alpha value is -2.85. The number of nitrogens with zero attached hydrogens (tertiary/aromatic N) is 7. The molecule has 11 heteroatoms. The third kappa shape index (κ3) is 3.65. The van der Waals surface area contributed by atoms with Crippen LogP contribution in [0.2, 0.25) is 0 Å². The normalized spacial score (nSPS) is 12.5. The first-order valence-corrected chi connectivity index (χ1v) is 4.25. The Balaban J connectivity index is 0.000000185. The minimum atomic E-state index is -0.0810. The summed E-state index contributed by atoms with van der Waals surface area (Å²) < 4.78 is 0. The summed E-state index contributed by atoms with van der Waals surface area (Å²) in [7, 11) is 0. The first-order chi connectivity index (χ1) is 8.29. The van der Waals surface area contributed by atoms with E-state index in [2.05, 4.69) is 46.9 Å². The minimum Gasteiger partial charge on any atom is -0.313 e. The molecule has 11 nitrogen and oxygen atoms in total. The van der Waals surface area contributed by atoms with Crippen molar-refractivity contribution in [2.75, 3.05) is 0 Å². The number of nitrogens with one attached hydrogen (secondary N) is 2. The Labute approximate surface area is 94.0 Å². The molecule has 1 aromatic rings. The van der Waals surface area contributed by atoms with Gasteiger partial charge in [-0.3, -0.25) is 4.79 Å². The van der Waals surface area contributed by atoms with Crippen molar-refractivity contribution in [3.63, 3.8) is 0 Å². The second-order valence-electron chi connectivity index (χ2n) is 2.53. The van der Waals surface area contributed by atoms with Crippen LogP contribution >= 0.6 is 0 Å². The zero-order valence-electron chi connectivity index (χ0n) is 8.48. The Morgan fingerprint density at radius 2 is 2.24 bits per heavy atom. The van der Waals surface area contributed by atoms with E-state index in [1.807, 2.05) is 0 Å². The summed E-state index contributed by atoms with van der Waals surface area (Å²) in [5, 5.41) is 13.5. The van der Waals surface area contributed by atoms with Crippen molar-refractivity contribution in [3.05, 3.63) is 22.2 Å². The lowest BCUT2D eigenvalue weighted by Gasteiger charge is -1.90.